The van der Waals surface area contributed by atoms with Crippen LogP contribution in [0.3, 0.4) is 0 Å². The van der Waals surface area contributed by atoms with Crippen LogP contribution in [-0.2, 0) is 11.8 Å². The van der Waals surface area contributed by atoms with Crippen molar-refractivity contribution in [3.05, 3.63) is 42.0 Å². The Balaban J connectivity index is 1.79. The lowest BCUT2D eigenvalue weighted by Crippen LogP contribution is -2.43. The van der Waals surface area contributed by atoms with Gasteiger partial charge in [-0.1, -0.05) is 12.1 Å². The number of benzene rings is 1. The lowest BCUT2D eigenvalue weighted by molar-refractivity contribution is -0.0282. The molecule has 1 atom stereocenters. The second-order valence-electron chi connectivity index (χ2n) is 5.34. The van der Waals surface area contributed by atoms with Gasteiger partial charge in [-0.3, -0.25) is 4.79 Å². The first-order valence-electron chi connectivity index (χ1n) is 7.67. The number of morpholine rings is 1. The first kappa shape index (κ1) is 15.5. The molecule has 0 radical (unpaired) electrons. The molecule has 1 fully saturated rings. The first-order chi connectivity index (χ1) is 11.2. The molecule has 0 unspecified atom stereocenters. The number of nitrogens with zero attached hydrogens (tertiary/aromatic N) is 4. The molecule has 2 aromatic rings. The van der Waals surface area contributed by atoms with Gasteiger partial charge in [0.15, 0.2) is 5.82 Å². The molecular formula is C16H20N4O3. The summed E-state index contributed by atoms with van der Waals surface area (Å²) < 4.78 is 13.1. The second-order valence-corrected chi connectivity index (χ2v) is 5.34. The molecule has 1 saturated heterocycles. The quantitative estimate of drug-likeness (QED) is 0.853. The SMILES string of the molecule is CCOc1ccccc1C(=O)N1CCO[C@H](c2nncn2C)C1. The number of hydrogen-bond donors (Lipinski definition) is 0. The van der Waals surface area contributed by atoms with Gasteiger partial charge in [0.1, 0.15) is 18.2 Å². The van der Waals surface area contributed by atoms with E-state index in [1.807, 2.05) is 36.7 Å². The Kier molecular flexibility index (Phi) is 4.57. The molecule has 1 aromatic carbocycles. The van der Waals surface area contributed by atoms with Crippen LogP contribution < -0.4 is 4.74 Å². The maximum absolute atomic E-state index is 12.8. The summed E-state index contributed by atoms with van der Waals surface area (Å²) in [5.41, 5.74) is 0.577. The first-order valence-corrected chi connectivity index (χ1v) is 7.67. The summed E-state index contributed by atoms with van der Waals surface area (Å²) in [7, 11) is 1.86. The largest absolute Gasteiger partial charge is 0.493 e. The molecule has 1 aromatic heterocycles. The van der Waals surface area contributed by atoms with E-state index in [1.165, 1.54) is 0 Å². The van der Waals surface area contributed by atoms with Crippen LogP contribution >= 0.6 is 0 Å². The van der Waals surface area contributed by atoms with Gasteiger partial charge in [-0.05, 0) is 19.1 Å². The summed E-state index contributed by atoms with van der Waals surface area (Å²) in [4.78, 5) is 14.6. The highest BCUT2D eigenvalue weighted by molar-refractivity contribution is 5.97. The molecule has 23 heavy (non-hydrogen) atoms. The summed E-state index contributed by atoms with van der Waals surface area (Å²) >= 11 is 0. The van der Waals surface area contributed by atoms with Crippen molar-refractivity contribution in [1.82, 2.24) is 19.7 Å². The van der Waals surface area contributed by atoms with Crippen molar-refractivity contribution < 1.29 is 14.3 Å². The van der Waals surface area contributed by atoms with Gasteiger partial charge in [-0.25, -0.2) is 0 Å². The number of rotatable bonds is 4. The van der Waals surface area contributed by atoms with Gasteiger partial charge in [-0.15, -0.1) is 10.2 Å². The number of ether oxygens (including phenoxy) is 2. The minimum atomic E-state index is -0.264. The van der Waals surface area contributed by atoms with Crippen LogP contribution in [0.2, 0.25) is 0 Å². The van der Waals surface area contributed by atoms with E-state index < -0.39 is 0 Å². The van der Waals surface area contributed by atoms with Gasteiger partial charge in [0.2, 0.25) is 0 Å². The lowest BCUT2D eigenvalue weighted by Gasteiger charge is -2.32. The van der Waals surface area contributed by atoms with Gasteiger partial charge in [-0.2, -0.15) is 0 Å². The number of para-hydroxylation sites is 1. The fourth-order valence-electron chi connectivity index (χ4n) is 2.67. The molecule has 122 valence electrons. The minimum absolute atomic E-state index is 0.0514. The van der Waals surface area contributed by atoms with Crippen molar-refractivity contribution in [3.63, 3.8) is 0 Å². The molecular weight excluding hydrogens is 296 g/mol. The van der Waals surface area contributed by atoms with E-state index in [2.05, 4.69) is 10.2 Å². The molecule has 7 heteroatoms. The summed E-state index contributed by atoms with van der Waals surface area (Å²) in [6, 6.07) is 7.32. The third kappa shape index (κ3) is 3.19. The van der Waals surface area contributed by atoms with Crippen LogP contribution in [0.4, 0.5) is 0 Å². The number of carbonyl (C=O) groups is 1. The van der Waals surface area contributed by atoms with Gasteiger partial charge in [0.25, 0.3) is 5.91 Å². The third-order valence-corrected chi connectivity index (χ3v) is 3.81. The molecule has 0 aliphatic carbocycles. The van der Waals surface area contributed by atoms with E-state index in [-0.39, 0.29) is 12.0 Å². The van der Waals surface area contributed by atoms with Crippen molar-refractivity contribution >= 4 is 5.91 Å². The van der Waals surface area contributed by atoms with Crippen LogP contribution in [0.15, 0.2) is 30.6 Å². The highest BCUT2D eigenvalue weighted by Gasteiger charge is 2.29. The Morgan fingerprint density at radius 3 is 3.00 bits per heavy atom. The fraction of sp³-hybridized carbons (Fsp3) is 0.438. The topological polar surface area (TPSA) is 69.5 Å². The minimum Gasteiger partial charge on any atom is -0.493 e. The van der Waals surface area contributed by atoms with Crippen LogP contribution in [0.1, 0.15) is 29.2 Å². The van der Waals surface area contributed by atoms with Crippen LogP contribution in [0.5, 0.6) is 5.75 Å². The average Bonchev–Trinajstić information content (AvgIpc) is 3.01. The number of amides is 1. The Bertz CT molecular complexity index is 685. The summed E-state index contributed by atoms with van der Waals surface area (Å²) in [6.07, 6.45) is 1.36. The second kappa shape index (κ2) is 6.78. The molecule has 1 aliphatic rings. The van der Waals surface area contributed by atoms with Gasteiger partial charge < -0.3 is 18.9 Å². The monoisotopic (exact) mass is 316 g/mol. The Hall–Kier alpha value is -2.41. The average molecular weight is 316 g/mol. The van der Waals surface area contributed by atoms with Crippen molar-refractivity contribution in [1.29, 1.82) is 0 Å². The molecule has 1 aliphatic heterocycles. The molecule has 7 nitrogen and oxygen atoms in total. The summed E-state index contributed by atoms with van der Waals surface area (Å²) in [6.45, 7) is 3.90. The number of carbonyl (C=O) groups excluding carboxylic acids is 1. The number of hydrogen-bond acceptors (Lipinski definition) is 5. The zero-order valence-corrected chi connectivity index (χ0v) is 13.3. The van der Waals surface area contributed by atoms with E-state index in [4.69, 9.17) is 9.47 Å². The number of aromatic nitrogens is 3. The standard InChI is InChI=1S/C16H20N4O3/c1-3-22-13-7-5-4-6-12(13)16(21)20-8-9-23-14(10-20)15-18-17-11-19(15)2/h4-7,11,14H,3,8-10H2,1-2H3/t14-/m0/s1. The molecule has 0 saturated carbocycles. The van der Waals surface area contributed by atoms with Crippen molar-refractivity contribution in [3.8, 4) is 5.75 Å². The smallest absolute Gasteiger partial charge is 0.257 e. The predicted octanol–water partition coefficient (Wildman–Crippen LogP) is 1.43. The van der Waals surface area contributed by atoms with Crippen molar-refractivity contribution in [2.45, 2.75) is 13.0 Å². The summed E-state index contributed by atoms with van der Waals surface area (Å²) in [5, 5.41) is 7.95. The molecule has 2 heterocycles. The maximum Gasteiger partial charge on any atom is 0.257 e. The van der Waals surface area contributed by atoms with E-state index >= 15 is 0 Å². The van der Waals surface area contributed by atoms with Crippen molar-refractivity contribution in [2.24, 2.45) is 7.05 Å². The molecule has 0 bridgehead atoms. The van der Waals surface area contributed by atoms with E-state index in [0.717, 1.165) is 5.82 Å². The molecule has 1 amide bonds. The van der Waals surface area contributed by atoms with Gasteiger partial charge >= 0.3 is 0 Å². The highest BCUT2D eigenvalue weighted by atomic mass is 16.5. The normalized spacial score (nSPS) is 18.0. The Morgan fingerprint density at radius 1 is 1.43 bits per heavy atom. The van der Waals surface area contributed by atoms with Crippen LogP contribution in [-0.4, -0.2) is 51.9 Å². The van der Waals surface area contributed by atoms with Crippen molar-refractivity contribution in [2.75, 3.05) is 26.3 Å². The maximum atomic E-state index is 12.8. The highest BCUT2D eigenvalue weighted by Crippen LogP contribution is 2.24. The van der Waals surface area contributed by atoms with E-state index in [0.29, 0.717) is 37.6 Å². The zero-order chi connectivity index (χ0) is 16.2. The van der Waals surface area contributed by atoms with E-state index in [1.54, 1.807) is 17.3 Å². The van der Waals surface area contributed by atoms with Gasteiger partial charge in [0, 0.05) is 13.6 Å². The van der Waals surface area contributed by atoms with Gasteiger partial charge in [0.05, 0.1) is 25.3 Å². The lowest BCUT2D eigenvalue weighted by atomic mass is 10.1. The predicted molar refractivity (Wildman–Crippen MR) is 83.2 cm³/mol. The van der Waals surface area contributed by atoms with Crippen LogP contribution in [0.25, 0.3) is 0 Å². The third-order valence-electron chi connectivity index (χ3n) is 3.81. The molecule has 0 N–H and O–H groups in total. The molecule has 0 spiro atoms. The fourth-order valence-corrected chi connectivity index (χ4v) is 2.67. The zero-order valence-electron chi connectivity index (χ0n) is 13.3. The Morgan fingerprint density at radius 2 is 2.26 bits per heavy atom. The summed E-state index contributed by atoms with van der Waals surface area (Å²) in [5.74, 6) is 1.28. The Labute approximate surface area is 134 Å². The van der Waals surface area contributed by atoms with E-state index in [9.17, 15) is 4.79 Å². The number of aryl methyl sites for hydroxylation is 1. The van der Waals surface area contributed by atoms with Crippen LogP contribution in [0, 0.1) is 0 Å². The molecule has 3 rings (SSSR count).